The highest BCUT2D eigenvalue weighted by Gasteiger charge is 2.31. The Kier molecular flexibility index (Phi) is 9.76. The average molecular weight is 489 g/mol. The quantitative estimate of drug-likeness (QED) is 0.189. The van der Waals surface area contributed by atoms with Crippen LogP contribution in [0.1, 0.15) is 32.3 Å². The van der Waals surface area contributed by atoms with Crippen molar-refractivity contribution in [1.29, 1.82) is 0 Å². The number of rotatable bonds is 13. The molecule has 190 valence electrons. The highest BCUT2D eigenvalue weighted by molar-refractivity contribution is 5.96. The molecule has 2 aromatic rings. The number of para-hydroxylation sites is 1. The van der Waals surface area contributed by atoms with Crippen molar-refractivity contribution >= 4 is 40.5 Å². The van der Waals surface area contributed by atoms with Crippen LogP contribution >= 0.6 is 0 Å². The van der Waals surface area contributed by atoms with Gasteiger partial charge in [0.1, 0.15) is 18.6 Å². The summed E-state index contributed by atoms with van der Waals surface area (Å²) in [5.41, 5.74) is 12.7. The molecule has 0 aliphatic heterocycles. The first-order valence-electron chi connectivity index (χ1n) is 11.2. The Bertz CT molecular complexity index is 1080. The number of H-pyrrole nitrogens is 1. The third kappa shape index (κ3) is 7.81. The van der Waals surface area contributed by atoms with E-state index >= 15 is 0 Å². The fourth-order valence-electron chi connectivity index (χ4n) is 3.48. The zero-order chi connectivity index (χ0) is 26.1. The van der Waals surface area contributed by atoms with Gasteiger partial charge in [-0.05, 0) is 17.5 Å². The molecule has 12 heteroatoms. The highest BCUT2D eigenvalue weighted by atomic mass is 16.4. The number of fused-ring (bicyclic) bond motifs is 1. The van der Waals surface area contributed by atoms with Crippen LogP contribution in [0.4, 0.5) is 0 Å². The summed E-state index contributed by atoms with van der Waals surface area (Å²) in [4.78, 5) is 63.9. The molecular weight excluding hydrogens is 456 g/mol. The number of aromatic nitrogens is 1. The van der Waals surface area contributed by atoms with Crippen molar-refractivity contribution in [3.63, 3.8) is 0 Å². The molecule has 1 heterocycles. The largest absolute Gasteiger partial charge is 0.480 e. The number of carbonyl (C=O) groups excluding carboxylic acids is 4. The molecule has 1 aromatic carbocycles. The molecule has 4 amide bonds. The number of aromatic amines is 1. The lowest BCUT2D eigenvalue weighted by atomic mass is 9.98. The Hall–Kier alpha value is -3.93. The number of carbonyl (C=O) groups is 5. The van der Waals surface area contributed by atoms with E-state index in [0.717, 1.165) is 10.9 Å². The number of carboxylic acids is 1. The molecule has 0 saturated heterocycles. The van der Waals surface area contributed by atoms with Crippen LogP contribution in [0.3, 0.4) is 0 Å². The molecule has 4 unspecified atom stereocenters. The highest BCUT2D eigenvalue weighted by Crippen LogP contribution is 2.19. The summed E-state index contributed by atoms with van der Waals surface area (Å²) >= 11 is 0. The summed E-state index contributed by atoms with van der Waals surface area (Å²) in [5.74, 6) is -4.48. The first-order chi connectivity index (χ1) is 16.5. The Morgan fingerprint density at radius 3 is 2.31 bits per heavy atom. The van der Waals surface area contributed by atoms with Gasteiger partial charge in [0.2, 0.25) is 23.6 Å². The normalized spacial score (nSPS) is 14.4. The molecule has 0 bridgehead atoms. The molecule has 1 aromatic heterocycles. The standard InChI is InChI=1S/C23H32N6O6/c1-3-12(2)20(25)23(35)29-17(9-18(24)30)22(34)28-16(21(33)27-11-19(31)32)8-13-10-26-15-7-5-4-6-14(13)15/h4-7,10,12,16-17,20,26H,3,8-9,11,25H2,1-2H3,(H2,24,30)(H,27,33)(H,28,34)(H,29,35)(H,31,32). The van der Waals surface area contributed by atoms with Crippen LogP contribution in [0.25, 0.3) is 10.9 Å². The van der Waals surface area contributed by atoms with Crippen molar-refractivity contribution in [2.24, 2.45) is 17.4 Å². The minimum absolute atomic E-state index is 0.0187. The SMILES string of the molecule is CCC(C)C(N)C(=O)NC(CC(N)=O)C(=O)NC(Cc1c[nH]c2ccccc12)C(=O)NCC(=O)O. The van der Waals surface area contributed by atoms with Crippen LogP contribution in [-0.2, 0) is 30.4 Å². The first kappa shape index (κ1) is 27.3. The minimum atomic E-state index is -1.37. The second kappa shape index (κ2) is 12.5. The Labute approximate surface area is 202 Å². The van der Waals surface area contributed by atoms with E-state index in [4.69, 9.17) is 16.6 Å². The van der Waals surface area contributed by atoms with Gasteiger partial charge in [0, 0.05) is 23.5 Å². The van der Waals surface area contributed by atoms with E-state index in [1.54, 1.807) is 13.1 Å². The van der Waals surface area contributed by atoms with E-state index in [2.05, 4.69) is 20.9 Å². The fourth-order valence-corrected chi connectivity index (χ4v) is 3.48. The number of nitrogens with two attached hydrogens (primary N) is 2. The van der Waals surface area contributed by atoms with Gasteiger partial charge >= 0.3 is 5.97 Å². The van der Waals surface area contributed by atoms with E-state index in [1.807, 2.05) is 31.2 Å². The van der Waals surface area contributed by atoms with Crippen LogP contribution in [-0.4, -0.2) is 64.4 Å². The van der Waals surface area contributed by atoms with E-state index < -0.39 is 60.7 Å². The third-order valence-corrected chi connectivity index (χ3v) is 5.74. The summed E-state index contributed by atoms with van der Waals surface area (Å²) in [6, 6.07) is 3.85. The van der Waals surface area contributed by atoms with Gasteiger partial charge < -0.3 is 37.5 Å². The van der Waals surface area contributed by atoms with Crippen LogP contribution in [0.5, 0.6) is 0 Å². The summed E-state index contributed by atoms with van der Waals surface area (Å²) in [6.07, 6.45) is 1.81. The van der Waals surface area contributed by atoms with Crippen molar-refractivity contribution in [3.05, 3.63) is 36.0 Å². The second-order valence-corrected chi connectivity index (χ2v) is 8.38. The van der Waals surface area contributed by atoms with Crippen molar-refractivity contribution in [2.45, 2.75) is 51.2 Å². The molecule has 9 N–H and O–H groups in total. The van der Waals surface area contributed by atoms with Crippen molar-refractivity contribution in [2.75, 3.05) is 6.54 Å². The van der Waals surface area contributed by atoms with Gasteiger partial charge in [-0.1, -0.05) is 38.5 Å². The molecule has 12 nitrogen and oxygen atoms in total. The third-order valence-electron chi connectivity index (χ3n) is 5.74. The first-order valence-corrected chi connectivity index (χ1v) is 11.2. The van der Waals surface area contributed by atoms with Crippen molar-refractivity contribution in [3.8, 4) is 0 Å². The van der Waals surface area contributed by atoms with Crippen molar-refractivity contribution in [1.82, 2.24) is 20.9 Å². The molecule has 0 aliphatic carbocycles. The van der Waals surface area contributed by atoms with E-state index in [0.29, 0.717) is 12.0 Å². The maximum absolute atomic E-state index is 13.0. The van der Waals surface area contributed by atoms with Gasteiger partial charge in [-0.3, -0.25) is 24.0 Å². The van der Waals surface area contributed by atoms with Crippen LogP contribution in [0.2, 0.25) is 0 Å². The van der Waals surface area contributed by atoms with Gasteiger partial charge in [-0.15, -0.1) is 0 Å². The Balaban J connectivity index is 2.25. The predicted molar refractivity (Wildman–Crippen MR) is 128 cm³/mol. The zero-order valence-electron chi connectivity index (χ0n) is 19.7. The van der Waals surface area contributed by atoms with Crippen LogP contribution in [0.15, 0.2) is 30.5 Å². The fraction of sp³-hybridized carbons (Fsp3) is 0.435. The molecule has 0 saturated carbocycles. The lowest BCUT2D eigenvalue weighted by molar-refractivity contribution is -0.138. The number of nitrogens with one attached hydrogen (secondary N) is 4. The summed E-state index contributed by atoms with van der Waals surface area (Å²) in [5, 5.41) is 16.9. The minimum Gasteiger partial charge on any atom is -0.480 e. The van der Waals surface area contributed by atoms with Gasteiger partial charge in [0.15, 0.2) is 0 Å². The van der Waals surface area contributed by atoms with Crippen LogP contribution < -0.4 is 27.4 Å². The average Bonchev–Trinajstić information content (AvgIpc) is 3.22. The van der Waals surface area contributed by atoms with E-state index in [-0.39, 0.29) is 12.3 Å². The number of carboxylic acid groups (broad SMARTS) is 1. The Morgan fingerprint density at radius 2 is 1.69 bits per heavy atom. The molecule has 0 aliphatic rings. The number of amides is 4. The second-order valence-electron chi connectivity index (χ2n) is 8.38. The molecule has 35 heavy (non-hydrogen) atoms. The molecule has 2 rings (SSSR count). The van der Waals surface area contributed by atoms with E-state index in [9.17, 15) is 24.0 Å². The number of primary amides is 1. The lowest BCUT2D eigenvalue weighted by Crippen LogP contribution is -2.57. The number of hydrogen-bond acceptors (Lipinski definition) is 6. The molecule has 0 spiro atoms. The van der Waals surface area contributed by atoms with Gasteiger partial charge in [-0.2, -0.15) is 0 Å². The predicted octanol–water partition coefficient (Wildman–Crippen LogP) is -0.870. The topological polar surface area (TPSA) is 209 Å². The zero-order valence-corrected chi connectivity index (χ0v) is 19.7. The van der Waals surface area contributed by atoms with Gasteiger partial charge in [0.05, 0.1) is 12.5 Å². The maximum Gasteiger partial charge on any atom is 0.322 e. The summed E-state index contributed by atoms with van der Waals surface area (Å²) in [7, 11) is 0. The van der Waals surface area contributed by atoms with Crippen molar-refractivity contribution < 1.29 is 29.1 Å². The Morgan fingerprint density at radius 1 is 1.03 bits per heavy atom. The summed E-state index contributed by atoms with van der Waals surface area (Å²) < 4.78 is 0. The maximum atomic E-state index is 13.0. The monoisotopic (exact) mass is 488 g/mol. The number of benzene rings is 1. The number of hydrogen-bond donors (Lipinski definition) is 7. The summed E-state index contributed by atoms with van der Waals surface area (Å²) in [6.45, 7) is 2.98. The lowest BCUT2D eigenvalue weighted by Gasteiger charge is -2.24. The van der Waals surface area contributed by atoms with Gasteiger partial charge in [-0.25, -0.2) is 0 Å². The van der Waals surface area contributed by atoms with E-state index in [1.165, 1.54) is 0 Å². The molecule has 4 atom stereocenters. The molecular formula is C23H32N6O6. The van der Waals surface area contributed by atoms with Crippen LogP contribution in [0, 0.1) is 5.92 Å². The molecule has 0 fully saturated rings. The number of aliphatic carboxylic acids is 1. The van der Waals surface area contributed by atoms with Gasteiger partial charge in [0.25, 0.3) is 0 Å². The molecule has 0 radical (unpaired) electrons. The smallest absolute Gasteiger partial charge is 0.322 e.